The lowest BCUT2D eigenvalue weighted by Gasteiger charge is -2.14. The van der Waals surface area contributed by atoms with Gasteiger partial charge in [0.1, 0.15) is 0 Å². The van der Waals surface area contributed by atoms with Gasteiger partial charge in [-0.2, -0.15) is 0 Å². The van der Waals surface area contributed by atoms with Crippen LogP contribution in [0, 0.1) is 6.92 Å². The first-order chi connectivity index (χ1) is 10.5. The highest BCUT2D eigenvalue weighted by atomic mass is 16.5. The van der Waals surface area contributed by atoms with Crippen molar-refractivity contribution in [3.8, 4) is 0 Å². The van der Waals surface area contributed by atoms with Crippen LogP contribution in [-0.2, 0) is 11.3 Å². The first-order valence-corrected chi connectivity index (χ1v) is 7.58. The van der Waals surface area contributed by atoms with Gasteiger partial charge < -0.3 is 20.1 Å². The molecule has 2 rings (SSSR count). The van der Waals surface area contributed by atoms with Crippen molar-refractivity contribution >= 4 is 10.9 Å². The quantitative estimate of drug-likeness (QED) is 0.728. The Kier molecular flexibility index (Phi) is 5.71. The molecule has 5 nitrogen and oxygen atoms in total. The second-order valence-electron chi connectivity index (χ2n) is 5.88. The van der Waals surface area contributed by atoms with E-state index < -0.39 is 6.10 Å². The van der Waals surface area contributed by atoms with Crippen LogP contribution >= 0.6 is 0 Å². The fraction of sp³-hybridized carbons (Fsp3) is 0.471. The van der Waals surface area contributed by atoms with Gasteiger partial charge in [0, 0.05) is 24.2 Å². The minimum Gasteiger partial charge on any atom is -0.389 e. The SMILES string of the molecule is Cc1ccc2cc(CNC[C@H](O)COC(C)C)c(=O)[nH]c2c1. The van der Waals surface area contributed by atoms with Crippen LogP contribution in [0.15, 0.2) is 29.1 Å². The fourth-order valence-corrected chi connectivity index (χ4v) is 2.23. The van der Waals surface area contributed by atoms with E-state index in [-0.39, 0.29) is 18.3 Å². The molecule has 0 aliphatic rings. The maximum absolute atomic E-state index is 12.1. The predicted octanol–water partition coefficient (Wildman–Crippen LogP) is 1.71. The molecular formula is C17H24N2O3. The van der Waals surface area contributed by atoms with E-state index in [4.69, 9.17) is 4.74 Å². The number of H-pyrrole nitrogens is 1. The lowest BCUT2D eigenvalue weighted by atomic mass is 10.1. The van der Waals surface area contributed by atoms with Gasteiger partial charge in [-0.15, -0.1) is 0 Å². The third-order valence-electron chi connectivity index (χ3n) is 3.40. The zero-order valence-electron chi connectivity index (χ0n) is 13.3. The Bertz CT molecular complexity index is 679. The van der Waals surface area contributed by atoms with E-state index in [1.54, 1.807) is 0 Å². The van der Waals surface area contributed by atoms with Crippen LogP contribution in [0.4, 0.5) is 0 Å². The molecule has 0 fully saturated rings. The maximum atomic E-state index is 12.1. The zero-order chi connectivity index (χ0) is 16.1. The first-order valence-electron chi connectivity index (χ1n) is 7.58. The van der Waals surface area contributed by atoms with E-state index in [0.717, 1.165) is 16.5 Å². The van der Waals surface area contributed by atoms with Gasteiger partial charge in [-0.25, -0.2) is 0 Å². The number of aliphatic hydroxyl groups is 1. The number of nitrogens with one attached hydrogen (secondary N) is 2. The second kappa shape index (κ2) is 7.54. The van der Waals surface area contributed by atoms with Crippen LogP contribution in [0.25, 0.3) is 10.9 Å². The number of benzene rings is 1. The Morgan fingerprint density at radius 3 is 2.82 bits per heavy atom. The third-order valence-corrected chi connectivity index (χ3v) is 3.40. The molecule has 1 heterocycles. The van der Waals surface area contributed by atoms with Gasteiger partial charge >= 0.3 is 0 Å². The Balaban J connectivity index is 1.95. The lowest BCUT2D eigenvalue weighted by molar-refractivity contribution is 0.00629. The predicted molar refractivity (Wildman–Crippen MR) is 88.1 cm³/mol. The molecular weight excluding hydrogens is 280 g/mol. The van der Waals surface area contributed by atoms with E-state index in [2.05, 4.69) is 10.3 Å². The molecule has 1 aromatic heterocycles. The topological polar surface area (TPSA) is 74.3 Å². The van der Waals surface area contributed by atoms with Crippen molar-refractivity contribution in [3.63, 3.8) is 0 Å². The number of hydrogen-bond acceptors (Lipinski definition) is 4. The van der Waals surface area contributed by atoms with Gasteiger partial charge in [0.25, 0.3) is 5.56 Å². The van der Waals surface area contributed by atoms with Gasteiger partial charge in [-0.05, 0) is 43.9 Å². The van der Waals surface area contributed by atoms with Crippen molar-refractivity contribution in [2.24, 2.45) is 0 Å². The molecule has 1 atom stereocenters. The van der Waals surface area contributed by atoms with Crippen molar-refractivity contribution < 1.29 is 9.84 Å². The average Bonchev–Trinajstić information content (AvgIpc) is 2.45. The molecule has 120 valence electrons. The monoisotopic (exact) mass is 304 g/mol. The Morgan fingerprint density at radius 2 is 2.09 bits per heavy atom. The van der Waals surface area contributed by atoms with Crippen molar-refractivity contribution in [3.05, 3.63) is 45.7 Å². The number of aromatic amines is 1. The van der Waals surface area contributed by atoms with E-state index in [1.807, 2.05) is 45.0 Å². The van der Waals surface area contributed by atoms with Crippen molar-refractivity contribution in [1.29, 1.82) is 0 Å². The Morgan fingerprint density at radius 1 is 1.32 bits per heavy atom. The minimum absolute atomic E-state index is 0.0986. The normalized spacial score (nSPS) is 13.0. The molecule has 0 amide bonds. The standard InChI is InChI=1S/C17H24N2O3/c1-11(2)22-10-15(20)9-18-8-14-7-13-5-4-12(3)6-16(13)19-17(14)21/h4-7,11,15,18,20H,8-10H2,1-3H3,(H,19,21)/t15-/m0/s1. The van der Waals surface area contributed by atoms with E-state index in [9.17, 15) is 9.90 Å². The van der Waals surface area contributed by atoms with Crippen molar-refractivity contribution in [2.45, 2.75) is 39.5 Å². The van der Waals surface area contributed by atoms with Crippen LogP contribution in [0.1, 0.15) is 25.0 Å². The molecule has 22 heavy (non-hydrogen) atoms. The highest BCUT2D eigenvalue weighted by Gasteiger charge is 2.07. The second-order valence-corrected chi connectivity index (χ2v) is 5.88. The highest BCUT2D eigenvalue weighted by Crippen LogP contribution is 2.12. The van der Waals surface area contributed by atoms with Gasteiger partial charge in [0.05, 0.1) is 18.8 Å². The Labute approximate surface area is 130 Å². The van der Waals surface area contributed by atoms with Crippen LogP contribution in [0.5, 0.6) is 0 Å². The van der Waals surface area contributed by atoms with Gasteiger partial charge in [0.2, 0.25) is 0 Å². The summed E-state index contributed by atoms with van der Waals surface area (Å²) < 4.78 is 5.34. The summed E-state index contributed by atoms with van der Waals surface area (Å²) in [6.45, 7) is 6.94. The summed E-state index contributed by atoms with van der Waals surface area (Å²) in [4.78, 5) is 14.9. The van der Waals surface area contributed by atoms with E-state index in [1.165, 1.54) is 0 Å². The number of pyridine rings is 1. The maximum Gasteiger partial charge on any atom is 0.252 e. The van der Waals surface area contributed by atoms with Crippen LogP contribution in [0.2, 0.25) is 0 Å². The summed E-state index contributed by atoms with van der Waals surface area (Å²) in [7, 11) is 0. The Hall–Kier alpha value is -1.69. The van der Waals surface area contributed by atoms with Crippen LogP contribution in [-0.4, -0.2) is 35.5 Å². The van der Waals surface area contributed by atoms with Crippen LogP contribution < -0.4 is 10.9 Å². The van der Waals surface area contributed by atoms with Gasteiger partial charge in [-0.3, -0.25) is 4.79 Å². The summed E-state index contributed by atoms with van der Waals surface area (Å²) in [6.07, 6.45) is -0.481. The first kappa shape index (κ1) is 16.7. The summed E-state index contributed by atoms with van der Waals surface area (Å²) in [5.74, 6) is 0. The summed E-state index contributed by atoms with van der Waals surface area (Å²) in [5.41, 5.74) is 2.52. The number of ether oxygens (including phenoxy) is 1. The number of aryl methyl sites for hydroxylation is 1. The van der Waals surface area contributed by atoms with Gasteiger partial charge in [0.15, 0.2) is 0 Å². The van der Waals surface area contributed by atoms with Crippen LogP contribution in [0.3, 0.4) is 0 Å². The number of fused-ring (bicyclic) bond motifs is 1. The molecule has 5 heteroatoms. The van der Waals surface area contributed by atoms with E-state index >= 15 is 0 Å². The minimum atomic E-state index is -0.579. The number of aromatic nitrogens is 1. The number of hydrogen-bond donors (Lipinski definition) is 3. The van der Waals surface area contributed by atoms with Crippen molar-refractivity contribution in [2.75, 3.05) is 13.2 Å². The summed E-state index contributed by atoms with van der Waals surface area (Å²) in [5, 5.41) is 13.9. The number of aliphatic hydroxyl groups excluding tert-OH is 1. The summed E-state index contributed by atoms with van der Waals surface area (Å²) >= 11 is 0. The average molecular weight is 304 g/mol. The molecule has 0 bridgehead atoms. The molecule has 1 aromatic carbocycles. The molecule has 0 unspecified atom stereocenters. The lowest BCUT2D eigenvalue weighted by Crippen LogP contribution is -2.32. The highest BCUT2D eigenvalue weighted by molar-refractivity contribution is 5.79. The molecule has 0 saturated carbocycles. The van der Waals surface area contributed by atoms with Gasteiger partial charge in [-0.1, -0.05) is 12.1 Å². The molecule has 0 saturated heterocycles. The summed E-state index contributed by atoms with van der Waals surface area (Å²) in [6, 6.07) is 7.86. The zero-order valence-corrected chi connectivity index (χ0v) is 13.3. The number of rotatable bonds is 7. The smallest absolute Gasteiger partial charge is 0.252 e. The largest absolute Gasteiger partial charge is 0.389 e. The fourth-order valence-electron chi connectivity index (χ4n) is 2.23. The molecule has 3 N–H and O–H groups in total. The molecule has 2 aromatic rings. The molecule has 0 radical (unpaired) electrons. The van der Waals surface area contributed by atoms with E-state index in [0.29, 0.717) is 18.7 Å². The molecule has 0 aliphatic heterocycles. The third kappa shape index (κ3) is 4.66. The molecule has 0 spiro atoms. The molecule has 0 aliphatic carbocycles. The van der Waals surface area contributed by atoms with Crippen molar-refractivity contribution in [1.82, 2.24) is 10.3 Å².